The van der Waals surface area contributed by atoms with Gasteiger partial charge in [-0.1, -0.05) is 55.8 Å². The van der Waals surface area contributed by atoms with E-state index in [9.17, 15) is 24.3 Å². The molecule has 6 aliphatic rings. The number of nitrogens with zero attached hydrogens (tertiary/aromatic N) is 1. The Morgan fingerprint density at radius 1 is 0.863 bits per heavy atom. The first-order chi connectivity index (χ1) is 24.5. The van der Waals surface area contributed by atoms with Gasteiger partial charge in [-0.2, -0.15) is 0 Å². The molecule has 2 aromatic carbocycles. The summed E-state index contributed by atoms with van der Waals surface area (Å²) in [7, 11) is 0. The molecule has 8 rings (SSSR count). The first-order valence-electron chi connectivity index (χ1n) is 18.1. The van der Waals surface area contributed by atoms with Crippen LogP contribution in [0, 0.1) is 17.3 Å². The highest BCUT2D eigenvalue weighted by Gasteiger charge is 2.52. The molecule has 1 saturated carbocycles. The van der Waals surface area contributed by atoms with Crippen molar-refractivity contribution >= 4 is 23.6 Å². The summed E-state index contributed by atoms with van der Waals surface area (Å²) in [5.41, 5.74) is 1.34. The number of piperidine rings is 1. The van der Waals surface area contributed by atoms with Crippen LogP contribution in [0.1, 0.15) is 52.0 Å². The largest absolute Gasteiger partial charge is 0.492 e. The number of benzene rings is 2. The van der Waals surface area contributed by atoms with Crippen LogP contribution in [0.5, 0.6) is 11.5 Å². The topological polar surface area (TPSA) is 158 Å². The molecule has 2 fully saturated rings. The number of ether oxygens (including phenoxy) is 2. The van der Waals surface area contributed by atoms with Crippen LogP contribution in [-0.4, -0.2) is 96.8 Å². The van der Waals surface area contributed by atoms with Crippen molar-refractivity contribution < 1.29 is 33.8 Å². The lowest BCUT2D eigenvalue weighted by Gasteiger charge is -2.57. The Morgan fingerprint density at radius 2 is 1.55 bits per heavy atom. The third-order valence-electron chi connectivity index (χ3n) is 11.3. The van der Waals surface area contributed by atoms with Gasteiger partial charge in [0.05, 0.1) is 13.2 Å². The van der Waals surface area contributed by atoms with Gasteiger partial charge in [-0.15, -0.1) is 0 Å². The number of hydrogen-bond donors (Lipinski definition) is 5. The van der Waals surface area contributed by atoms with Gasteiger partial charge in [-0.25, -0.2) is 0 Å². The molecule has 3 aliphatic heterocycles. The second-order valence-corrected chi connectivity index (χ2v) is 15.0. The summed E-state index contributed by atoms with van der Waals surface area (Å²) in [5.74, 6) is 0.154. The van der Waals surface area contributed by atoms with Gasteiger partial charge in [0, 0.05) is 38.9 Å². The number of likely N-dealkylation sites (tertiary alicyclic amines) is 1. The summed E-state index contributed by atoms with van der Waals surface area (Å²) in [6.45, 7) is 8.05. The van der Waals surface area contributed by atoms with Crippen molar-refractivity contribution in [2.45, 2.75) is 76.6 Å². The summed E-state index contributed by atoms with van der Waals surface area (Å²) >= 11 is 0. The summed E-state index contributed by atoms with van der Waals surface area (Å²) in [6, 6.07) is 12.9. The maximum absolute atomic E-state index is 14.5. The maximum Gasteiger partial charge on any atom is 0.264 e. The third-order valence-corrected chi connectivity index (χ3v) is 11.3. The number of allylic oxidation sites excluding steroid dienone is 1. The lowest BCUT2D eigenvalue weighted by atomic mass is 9.49. The van der Waals surface area contributed by atoms with Gasteiger partial charge in [-0.3, -0.25) is 24.1 Å². The molecule has 51 heavy (non-hydrogen) atoms. The summed E-state index contributed by atoms with van der Waals surface area (Å²) in [6.07, 6.45) is 5.73. The molecule has 2 aromatic rings. The van der Waals surface area contributed by atoms with Crippen molar-refractivity contribution in [1.82, 2.24) is 26.2 Å². The molecule has 0 unspecified atom stereocenters. The van der Waals surface area contributed by atoms with Gasteiger partial charge >= 0.3 is 0 Å². The zero-order chi connectivity index (χ0) is 36.2. The van der Waals surface area contributed by atoms with Gasteiger partial charge in [0.25, 0.3) is 5.91 Å². The predicted octanol–water partition coefficient (Wildman–Crippen LogP) is 2.11. The van der Waals surface area contributed by atoms with Crippen molar-refractivity contribution in [3.8, 4) is 11.5 Å². The standard InChI is InChI=1S/C39H51N5O7/c1-25-34(46)40-17-20-50-29-11-13-30(14-12-29)51-39(15-18-44(19-16-39)23-27-9-10-28-22-31(27)38(28,2)3)37(49)43-32(21-26-7-5-4-6-8-26)35(47)42-33(24-45)36(48)41-25/h4-9,11-14,25,28,31-33,45H,10,15-24H2,1-3H3,(H,40,46)(H,41,48)(H,42,47)(H,43,49)/t25-,28-,31-,32+,33-/m0/s1. The van der Waals surface area contributed by atoms with E-state index in [1.165, 1.54) is 18.9 Å². The second-order valence-electron chi connectivity index (χ2n) is 15.0. The minimum Gasteiger partial charge on any atom is -0.492 e. The molecular formula is C39H51N5O7. The van der Waals surface area contributed by atoms with E-state index in [0.717, 1.165) is 24.4 Å². The first-order valence-corrected chi connectivity index (χ1v) is 18.1. The predicted molar refractivity (Wildman–Crippen MR) is 191 cm³/mol. The minimum atomic E-state index is -1.35. The Kier molecular flexibility index (Phi) is 11.0. The fourth-order valence-corrected chi connectivity index (χ4v) is 7.88. The number of aliphatic hydroxyl groups excluding tert-OH is 1. The van der Waals surface area contributed by atoms with Crippen LogP contribution in [-0.2, 0) is 25.6 Å². The Hall–Kier alpha value is -4.42. The molecule has 3 heterocycles. The highest BCUT2D eigenvalue weighted by Crippen LogP contribution is 2.59. The van der Waals surface area contributed by atoms with Crippen molar-refractivity contribution in [3.63, 3.8) is 0 Å². The molecule has 0 radical (unpaired) electrons. The van der Waals surface area contributed by atoms with Gasteiger partial charge in [0.15, 0.2) is 5.60 Å². The number of rotatable bonds is 5. The highest BCUT2D eigenvalue weighted by molar-refractivity contribution is 5.95. The summed E-state index contributed by atoms with van der Waals surface area (Å²) in [4.78, 5) is 56.5. The third kappa shape index (κ3) is 8.23. The Labute approximate surface area is 299 Å². The maximum atomic E-state index is 14.5. The van der Waals surface area contributed by atoms with Crippen LogP contribution in [0.15, 0.2) is 66.2 Å². The Bertz CT molecular complexity index is 1600. The first kappa shape index (κ1) is 36.4. The van der Waals surface area contributed by atoms with Crippen LogP contribution >= 0.6 is 0 Å². The van der Waals surface area contributed by atoms with Crippen LogP contribution < -0.4 is 30.7 Å². The van der Waals surface area contributed by atoms with E-state index < -0.39 is 54.0 Å². The van der Waals surface area contributed by atoms with E-state index in [1.807, 2.05) is 30.3 Å². The average molecular weight is 702 g/mol. The van der Waals surface area contributed by atoms with E-state index >= 15 is 0 Å². The van der Waals surface area contributed by atoms with E-state index in [0.29, 0.717) is 48.8 Å². The van der Waals surface area contributed by atoms with Crippen molar-refractivity contribution in [3.05, 3.63) is 71.8 Å². The number of aliphatic hydroxyl groups is 1. The molecular weight excluding hydrogens is 650 g/mol. The Balaban J connectivity index is 1.26. The van der Waals surface area contributed by atoms with E-state index in [1.54, 1.807) is 24.3 Å². The van der Waals surface area contributed by atoms with Crippen LogP contribution in [0.3, 0.4) is 0 Å². The molecule has 3 aliphatic carbocycles. The fourth-order valence-electron chi connectivity index (χ4n) is 7.88. The number of carbonyl (C=O) groups is 4. The van der Waals surface area contributed by atoms with Gasteiger partial charge < -0.3 is 35.8 Å². The molecule has 5 atom stereocenters. The van der Waals surface area contributed by atoms with Crippen LogP contribution in [0.25, 0.3) is 0 Å². The van der Waals surface area contributed by atoms with Crippen molar-refractivity contribution in [2.75, 3.05) is 39.4 Å². The van der Waals surface area contributed by atoms with E-state index in [-0.39, 0.29) is 19.6 Å². The second kappa shape index (κ2) is 15.4. The van der Waals surface area contributed by atoms with Crippen molar-refractivity contribution in [1.29, 1.82) is 0 Å². The average Bonchev–Trinajstić information content (AvgIpc) is 3.13. The highest BCUT2D eigenvalue weighted by atomic mass is 16.5. The van der Waals surface area contributed by atoms with E-state index in [4.69, 9.17) is 9.47 Å². The molecule has 12 heteroatoms. The zero-order valence-corrected chi connectivity index (χ0v) is 29.8. The van der Waals surface area contributed by atoms with Crippen LogP contribution in [0.2, 0.25) is 0 Å². The quantitative estimate of drug-likeness (QED) is 0.234. The smallest absolute Gasteiger partial charge is 0.264 e. The molecule has 4 bridgehead atoms. The molecule has 0 aromatic heterocycles. The summed E-state index contributed by atoms with van der Waals surface area (Å²) in [5, 5.41) is 20.9. The number of amides is 4. The monoisotopic (exact) mass is 701 g/mol. The SMILES string of the molecule is C[C@@H]1NC(=O)[C@H](CO)NC(=O)[C@@H](Cc2ccccc2)NC(=O)C2(CCN(CC3=CC[C@H]4C[C@@H]3C4(C)C)CC2)Oc2ccc(cc2)OCCNC1=O. The van der Waals surface area contributed by atoms with Gasteiger partial charge in [-0.05, 0) is 66.8 Å². The molecule has 12 nitrogen and oxygen atoms in total. The number of hydrogen-bond acceptors (Lipinski definition) is 8. The molecule has 4 amide bonds. The molecule has 5 N–H and O–H groups in total. The normalized spacial score (nSPS) is 28.5. The zero-order valence-electron chi connectivity index (χ0n) is 29.8. The molecule has 1 spiro atoms. The van der Waals surface area contributed by atoms with Crippen LogP contribution in [0.4, 0.5) is 0 Å². The fraction of sp³-hybridized carbons (Fsp3) is 0.538. The van der Waals surface area contributed by atoms with Gasteiger partial charge in [0.1, 0.15) is 36.2 Å². The summed E-state index contributed by atoms with van der Waals surface area (Å²) < 4.78 is 12.4. The lowest BCUT2D eigenvalue weighted by Crippen LogP contribution is -2.62. The number of fused-ring (bicyclic) bond motifs is 16. The lowest BCUT2D eigenvalue weighted by molar-refractivity contribution is -0.144. The number of nitrogens with one attached hydrogen (secondary N) is 4. The Morgan fingerprint density at radius 3 is 2.22 bits per heavy atom. The van der Waals surface area contributed by atoms with Crippen molar-refractivity contribution in [2.24, 2.45) is 17.3 Å². The van der Waals surface area contributed by atoms with Gasteiger partial charge in [0.2, 0.25) is 17.7 Å². The molecule has 274 valence electrons. The molecule has 1 saturated heterocycles. The minimum absolute atomic E-state index is 0.136. The van der Waals surface area contributed by atoms with E-state index in [2.05, 4.69) is 46.1 Å². The number of carbonyl (C=O) groups excluding carboxylic acids is 4.